The van der Waals surface area contributed by atoms with E-state index in [4.69, 9.17) is 9.47 Å². The lowest BCUT2D eigenvalue weighted by atomic mass is 9.63. The number of aliphatic carboxylic acids is 1. The maximum absolute atomic E-state index is 13.9. The number of aromatic carboxylic acids is 1. The van der Waals surface area contributed by atoms with E-state index in [1.165, 1.54) is 19.2 Å². The summed E-state index contributed by atoms with van der Waals surface area (Å²) in [6.45, 7) is 7.89. The minimum absolute atomic E-state index is 0.0834. The number of nitrogens with zero attached hydrogens (tertiary/aromatic N) is 1. The van der Waals surface area contributed by atoms with Gasteiger partial charge in [0, 0.05) is 41.3 Å². The molecule has 3 aliphatic rings. The molecule has 0 bridgehead atoms. The van der Waals surface area contributed by atoms with Gasteiger partial charge in [0.1, 0.15) is 13.2 Å². The number of Topliss-reactive ketones (excluding diaryl/α,β-unsaturated/α-hetero) is 2. The van der Waals surface area contributed by atoms with Gasteiger partial charge in [-0.2, -0.15) is 0 Å². The maximum Gasteiger partial charge on any atom is 0.335 e. The van der Waals surface area contributed by atoms with Crippen molar-refractivity contribution >= 4 is 46.1 Å². The molecule has 232 valence electrons. The van der Waals surface area contributed by atoms with Gasteiger partial charge in [0.05, 0.1) is 16.2 Å². The number of hydrogen-bond donors (Lipinski definition) is 2. The van der Waals surface area contributed by atoms with Crippen LogP contribution in [0.1, 0.15) is 80.8 Å². The zero-order valence-corrected chi connectivity index (χ0v) is 27.6. The molecule has 5 rings (SSSR count). The van der Waals surface area contributed by atoms with E-state index in [2.05, 4.69) is 22.6 Å². The Labute approximate surface area is 270 Å². The van der Waals surface area contributed by atoms with Gasteiger partial charge in [0.15, 0.2) is 23.1 Å². The van der Waals surface area contributed by atoms with Crippen LogP contribution in [-0.4, -0.2) is 52.3 Å². The largest absolute Gasteiger partial charge is 0.493 e. The van der Waals surface area contributed by atoms with Gasteiger partial charge in [-0.25, -0.2) is 4.79 Å². The van der Waals surface area contributed by atoms with Crippen molar-refractivity contribution in [3.8, 4) is 11.5 Å². The molecule has 1 heterocycles. The number of carbonyl (C=O) groups is 4. The Hall–Kier alpha value is -3.67. The molecule has 0 spiro atoms. The van der Waals surface area contributed by atoms with Gasteiger partial charge in [0.2, 0.25) is 0 Å². The zero-order chi connectivity index (χ0) is 32.1. The van der Waals surface area contributed by atoms with E-state index in [0.29, 0.717) is 68.9 Å². The van der Waals surface area contributed by atoms with Crippen LogP contribution >= 0.6 is 22.6 Å². The minimum atomic E-state index is -1.02. The number of allylic oxidation sites excluding steroid dienone is 4. The van der Waals surface area contributed by atoms with Crippen LogP contribution in [-0.2, 0) is 21.0 Å². The molecular formula is C34H36INO8. The van der Waals surface area contributed by atoms with Gasteiger partial charge in [-0.1, -0.05) is 39.8 Å². The third-order valence-electron chi connectivity index (χ3n) is 8.48. The van der Waals surface area contributed by atoms with Gasteiger partial charge >= 0.3 is 11.9 Å². The molecule has 0 aromatic heterocycles. The van der Waals surface area contributed by atoms with Gasteiger partial charge in [-0.05, 0) is 81.7 Å². The van der Waals surface area contributed by atoms with Crippen molar-refractivity contribution in [1.82, 2.24) is 4.90 Å². The van der Waals surface area contributed by atoms with Crippen LogP contribution in [0.4, 0.5) is 0 Å². The van der Waals surface area contributed by atoms with Crippen molar-refractivity contribution in [2.45, 2.75) is 65.9 Å². The summed E-state index contributed by atoms with van der Waals surface area (Å²) < 4.78 is 12.6. The number of carbonyl (C=O) groups excluding carboxylic acids is 2. The summed E-state index contributed by atoms with van der Waals surface area (Å²) in [6, 6.07) is 10.1. The number of carboxylic acids is 2. The summed E-state index contributed by atoms with van der Waals surface area (Å²) >= 11 is 2.15. The Bertz CT molecular complexity index is 1580. The highest BCUT2D eigenvalue weighted by molar-refractivity contribution is 14.1. The van der Waals surface area contributed by atoms with Crippen LogP contribution in [0.3, 0.4) is 0 Å². The molecule has 0 atom stereocenters. The average molecular weight is 714 g/mol. The molecule has 0 amide bonds. The Morgan fingerprint density at radius 1 is 0.909 bits per heavy atom. The lowest BCUT2D eigenvalue weighted by Gasteiger charge is -2.48. The van der Waals surface area contributed by atoms with Crippen LogP contribution in [0, 0.1) is 14.4 Å². The maximum atomic E-state index is 13.9. The van der Waals surface area contributed by atoms with Crippen molar-refractivity contribution in [2.24, 2.45) is 10.8 Å². The fraction of sp³-hybridized carbons (Fsp3) is 0.412. The lowest BCUT2D eigenvalue weighted by Crippen LogP contribution is -2.45. The third kappa shape index (κ3) is 6.13. The van der Waals surface area contributed by atoms with Gasteiger partial charge in [0.25, 0.3) is 0 Å². The second-order valence-electron chi connectivity index (χ2n) is 13.3. The van der Waals surface area contributed by atoms with Gasteiger partial charge in [-0.3, -0.25) is 14.4 Å². The molecule has 0 saturated carbocycles. The number of hydrogen-bond acceptors (Lipinski definition) is 7. The van der Waals surface area contributed by atoms with Gasteiger partial charge < -0.3 is 24.6 Å². The van der Waals surface area contributed by atoms with Crippen molar-refractivity contribution < 1.29 is 38.9 Å². The standard InChI is InChI=1S/C34H36INO8/c1-33(2)12-22-29(24(37)14-33)28(30-23(36(22)16-27(39)40)13-34(3,4)15-25(30)38)20-10-21(35)31(26(11-20)43-5)44-17-18-6-8-19(9-7-18)32(41)42/h6-11,28H,12-17H2,1-5H3,(H,39,40)(H,41,42). The number of ether oxygens (including phenoxy) is 2. The van der Waals surface area contributed by atoms with Crippen molar-refractivity contribution in [1.29, 1.82) is 0 Å². The Morgan fingerprint density at radius 2 is 1.45 bits per heavy atom. The lowest BCUT2D eigenvalue weighted by molar-refractivity contribution is -0.138. The smallest absolute Gasteiger partial charge is 0.335 e. The first-order valence-corrected chi connectivity index (χ1v) is 15.5. The Morgan fingerprint density at radius 3 is 1.93 bits per heavy atom. The number of halogens is 1. The fourth-order valence-corrected chi connectivity index (χ4v) is 7.43. The second kappa shape index (κ2) is 11.7. The predicted octanol–water partition coefficient (Wildman–Crippen LogP) is 6.35. The molecule has 2 aliphatic carbocycles. The summed E-state index contributed by atoms with van der Waals surface area (Å²) in [7, 11) is 1.52. The number of benzene rings is 2. The summed E-state index contributed by atoms with van der Waals surface area (Å²) in [4.78, 5) is 52.9. The normalized spacial score (nSPS) is 19.5. The minimum Gasteiger partial charge on any atom is -0.493 e. The quantitative estimate of drug-likeness (QED) is 0.301. The molecule has 2 N–H and O–H groups in total. The molecule has 0 unspecified atom stereocenters. The predicted molar refractivity (Wildman–Crippen MR) is 171 cm³/mol. The van der Waals surface area contributed by atoms with E-state index < -0.39 is 17.9 Å². The molecule has 2 aromatic rings. The van der Waals surface area contributed by atoms with Crippen LogP contribution in [0.15, 0.2) is 58.9 Å². The van der Waals surface area contributed by atoms with Gasteiger partial charge in [-0.15, -0.1) is 0 Å². The Kier molecular flexibility index (Phi) is 8.43. The second-order valence-corrected chi connectivity index (χ2v) is 14.5. The molecule has 44 heavy (non-hydrogen) atoms. The molecule has 2 aromatic carbocycles. The summed E-state index contributed by atoms with van der Waals surface area (Å²) in [5.41, 5.74) is 3.28. The number of methoxy groups -OCH3 is 1. The number of carboxylic acid groups (broad SMARTS) is 2. The molecule has 0 fully saturated rings. The monoisotopic (exact) mass is 713 g/mol. The van der Waals surface area contributed by atoms with E-state index in [0.717, 1.165) is 5.56 Å². The first-order chi connectivity index (χ1) is 20.6. The fourth-order valence-electron chi connectivity index (χ4n) is 6.65. The highest BCUT2D eigenvalue weighted by Gasteiger charge is 2.49. The molecule has 9 nitrogen and oxygen atoms in total. The summed E-state index contributed by atoms with van der Waals surface area (Å²) in [6.07, 6.45) is 1.61. The van der Waals surface area contributed by atoms with Crippen LogP contribution in [0.5, 0.6) is 11.5 Å². The van der Waals surface area contributed by atoms with E-state index in [-0.39, 0.29) is 41.1 Å². The van der Waals surface area contributed by atoms with E-state index in [9.17, 15) is 29.4 Å². The third-order valence-corrected chi connectivity index (χ3v) is 9.29. The molecule has 0 saturated heterocycles. The molecular weight excluding hydrogens is 677 g/mol. The average Bonchev–Trinajstić information content (AvgIpc) is 2.91. The van der Waals surface area contributed by atoms with Crippen molar-refractivity contribution in [3.05, 3.63) is 79.2 Å². The molecule has 10 heteroatoms. The van der Waals surface area contributed by atoms with Crippen molar-refractivity contribution in [3.63, 3.8) is 0 Å². The molecule has 1 aliphatic heterocycles. The first-order valence-electron chi connectivity index (χ1n) is 14.4. The number of rotatable bonds is 8. The zero-order valence-electron chi connectivity index (χ0n) is 25.5. The molecule has 0 radical (unpaired) electrons. The van der Waals surface area contributed by atoms with Crippen LogP contribution in [0.25, 0.3) is 0 Å². The van der Waals surface area contributed by atoms with E-state index in [1.807, 2.05) is 33.8 Å². The summed E-state index contributed by atoms with van der Waals surface area (Å²) in [5.74, 6) is -1.94. The van der Waals surface area contributed by atoms with E-state index in [1.54, 1.807) is 23.1 Å². The highest BCUT2D eigenvalue weighted by atomic mass is 127. The highest BCUT2D eigenvalue weighted by Crippen LogP contribution is 2.55. The summed E-state index contributed by atoms with van der Waals surface area (Å²) in [5, 5.41) is 19.1. The number of ketones is 2. The topological polar surface area (TPSA) is 130 Å². The first kappa shape index (κ1) is 31.7. The van der Waals surface area contributed by atoms with E-state index >= 15 is 0 Å². The van der Waals surface area contributed by atoms with Crippen LogP contribution in [0.2, 0.25) is 0 Å². The SMILES string of the molecule is COc1cc(C2C3=C(CC(C)(C)CC3=O)N(CC(=O)O)C3=C2C(=O)CC(C)(C)C3)cc(I)c1OCc1ccc(C(=O)O)cc1. The van der Waals surface area contributed by atoms with Crippen molar-refractivity contribution in [2.75, 3.05) is 13.7 Å². The Balaban J connectivity index is 1.62. The van der Waals surface area contributed by atoms with Crippen LogP contribution < -0.4 is 9.47 Å².